The maximum absolute atomic E-state index is 13.6. The molecule has 8 heteroatoms. The highest BCUT2D eigenvalue weighted by Gasteiger charge is 2.34. The Labute approximate surface area is 211 Å². The number of hydrogen-bond acceptors (Lipinski definition) is 7. The standard InChI is InChI=1S/C28H31N5O3/c1-19-15-33(20(2)18-34)28(35)25-12-23(22-9-7-21(13-29)8-10-22)14-31-27(25)36-26(19)17-32(3)16-24-6-4-5-11-30-24/h4-12,14,19-20,26,34H,15-18H2,1-3H3/t19-,20-,26+/m0/s1. The van der Waals surface area contributed by atoms with Crippen LogP contribution in [0.1, 0.15) is 35.5 Å². The van der Waals surface area contributed by atoms with Crippen molar-refractivity contribution in [2.24, 2.45) is 5.92 Å². The summed E-state index contributed by atoms with van der Waals surface area (Å²) in [7, 11) is 2.02. The summed E-state index contributed by atoms with van der Waals surface area (Å²) in [5.74, 6) is 0.0688. The van der Waals surface area contributed by atoms with E-state index in [9.17, 15) is 9.90 Å². The summed E-state index contributed by atoms with van der Waals surface area (Å²) < 4.78 is 6.39. The number of nitrogens with zero attached hydrogens (tertiary/aromatic N) is 5. The fourth-order valence-electron chi connectivity index (χ4n) is 4.36. The quantitative estimate of drug-likeness (QED) is 0.547. The lowest BCUT2D eigenvalue weighted by molar-refractivity contribution is 0.0324. The van der Waals surface area contributed by atoms with E-state index in [1.54, 1.807) is 35.5 Å². The van der Waals surface area contributed by atoms with Crippen LogP contribution in [-0.2, 0) is 6.54 Å². The van der Waals surface area contributed by atoms with Crippen molar-refractivity contribution in [2.75, 3.05) is 26.7 Å². The summed E-state index contributed by atoms with van der Waals surface area (Å²) in [6.45, 7) is 5.49. The van der Waals surface area contributed by atoms with Gasteiger partial charge in [0.05, 0.1) is 30.0 Å². The molecule has 0 saturated heterocycles. The van der Waals surface area contributed by atoms with E-state index < -0.39 is 0 Å². The molecule has 1 N–H and O–H groups in total. The van der Waals surface area contributed by atoms with Crippen molar-refractivity contribution in [3.8, 4) is 23.1 Å². The lowest BCUT2D eigenvalue weighted by atomic mass is 9.99. The smallest absolute Gasteiger partial charge is 0.259 e. The topological polar surface area (TPSA) is 103 Å². The molecule has 0 radical (unpaired) electrons. The number of likely N-dealkylation sites (N-methyl/N-ethyl adjacent to an activating group) is 1. The fourth-order valence-corrected chi connectivity index (χ4v) is 4.36. The van der Waals surface area contributed by atoms with Gasteiger partial charge in [-0.25, -0.2) is 4.98 Å². The molecule has 1 aliphatic heterocycles. The summed E-state index contributed by atoms with van der Waals surface area (Å²) in [6.07, 6.45) is 3.24. The first-order chi connectivity index (χ1) is 17.4. The van der Waals surface area contributed by atoms with E-state index in [0.29, 0.717) is 30.8 Å². The highest BCUT2D eigenvalue weighted by Crippen LogP contribution is 2.30. The third kappa shape index (κ3) is 5.70. The molecule has 0 saturated carbocycles. The third-order valence-corrected chi connectivity index (χ3v) is 6.52. The average Bonchev–Trinajstić information content (AvgIpc) is 2.90. The van der Waals surface area contributed by atoms with Crippen molar-refractivity contribution in [3.63, 3.8) is 0 Å². The van der Waals surface area contributed by atoms with Crippen LogP contribution < -0.4 is 4.74 Å². The summed E-state index contributed by atoms with van der Waals surface area (Å²) in [5.41, 5.74) is 3.49. The van der Waals surface area contributed by atoms with Crippen molar-refractivity contribution < 1.29 is 14.6 Å². The van der Waals surface area contributed by atoms with E-state index >= 15 is 0 Å². The van der Waals surface area contributed by atoms with E-state index in [4.69, 9.17) is 10.00 Å². The first kappa shape index (κ1) is 25.3. The van der Waals surface area contributed by atoms with Gasteiger partial charge in [0.25, 0.3) is 5.91 Å². The van der Waals surface area contributed by atoms with Gasteiger partial charge in [0.1, 0.15) is 11.7 Å². The molecule has 1 aromatic carbocycles. The minimum Gasteiger partial charge on any atom is -0.472 e. The summed E-state index contributed by atoms with van der Waals surface area (Å²) in [5, 5.41) is 19.0. The number of aliphatic hydroxyl groups excluding tert-OH is 1. The summed E-state index contributed by atoms with van der Waals surface area (Å²) in [6, 6.07) is 16.5. The number of rotatable bonds is 7. The van der Waals surface area contributed by atoms with Crippen LogP contribution in [-0.4, -0.2) is 69.7 Å². The summed E-state index contributed by atoms with van der Waals surface area (Å²) >= 11 is 0. The minimum atomic E-state index is -0.351. The zero-order valence-corrected chi connectivity index (χ0v) is 20.8. The Kier molecular flexibility index (Phi) is 7.93. The van der Waals surface area contributed by atoms with Crippen LogP contribution in [0.3, 0.4) is 0 Å². The normalized spacial score (nSPS) is 18.6. The molecule has 0 spiro atoms. The maximum Gasteiger partial charge on any atom is 0.259 e. The predicted octanol–water partition coefficient (Wildman–Crippen LogP) is 3.37. The molecule has 3 heterocycles. The van der Waals surface area contributed by atoms with Crippen LogP contribution in [0.15, 0.2) is 60.9 Å². The van der Waals surface area contributed by atoms with Gasteiger partial charge in [-0.15, -0.1) is 0 Å². The van der Waals surface area contributed by atoms with Crippen molar-refractivity contribution in [1.29, 1.82) is 5.26 Å². The summed E-state index contributed by atoms with van der Waals surface area (Å²) in [4.78, 5) is 26.5. The molecule has 186 valence electrons. The van der Waals surface area contributed by atoms with Crippen LogP contribution in [0.5, 0.6) is 5.88 Å². The monoisotopic (exact) mass is 485 g/mol. The molecule has 8 nitrogen and oxygen atoms in total. The van der Waals surface area contributed by atoms with Gasteiger partial charge >= 0.3 is 0 Å². The van der Waals surface area contributed by atoms with E-state index in [1.165, 1.54) is 0 Å². The molecule has 3 aromatic rings. The molecule has 3 atom stereocenters. The molecule has 1 amide bonds. The number of hydrogen-bond donors (Lipinski definition) is 1. The van der Waals surface area contributed by atoms with Gasteiger partial charge in [-0.1, -0.05) is 25.1 Å². The Hall–Kier alpha value is -3.80. The van der Waals surface area contributed by atoms with Crippen molar-refractivity contribution in [1.82, 2.24) is 19.8 Å². The Morgan fingerprint density at radius 1 is 1.22 bits per heavy atom. The lowest BCUT2D eigenvalue weighted by Crippen LogP contribution is -2.49. The number of benzene rings is 1. The van der Waals surface area contributed by atoms with Gasteiger partial charge in [0.15, 0.2) is 0 Å². The van der Waals surface area contributed by atoms with Crippen LogP contribution >= 0.6 is 0 Å². The number of aliphatic hydroxyl groups is 1. The number of amides is 1. The first-order valence-electron chi connectivity index (χ1n) is 12.1. The van der Waals surface area contributed by atoms with Gasteiger partial charge < -0.3 is 14.7 Å². The molecule has 0 unspecified atom stereocenters. The van der Waals surface area contributed by atoms with E-state index in [0.717, 1.165) is 16.8 Å². The molecule has 1 aliphatic rings. The SMILES string of the molecule is C[C@H]1CN([C@@H](C)CO)C(=O)c2cc(-c3ccc(C#N)cc3)cnc2O[C@@H]1CN(C)Cc1ccccn1. The Bertz CT molecular complexity index is 1230. The molecule has 0 bridgehead atoms. The number of pyridine rings is 2. The van der Waals surface area contributed by atoms with Crippen LogP contribution in [0.25, 0.3) is 11.1 Å². The second kappa shape index (κ2) is 11.3. The van der Waals surface area contributed by atoms with E-state index in [-0.39, 0.29) is 36.5 Å². The second-order valence-electron chi connectivity index (χ2n) is 9.41. The van der Waals surface area contributed by atoms with Gasteiger partial charge in [-0.3, -0.25) is 14.7 Å². The molecule has 0 aliphatic carbocycles. The maximum atomic E-state index is 13.6. The predicted molar refractivity (Wildman–Crippen MR) is 136 cm³/mol. The number of aromatic nitrogens is 2. The zero-order valence-electron chi connectivity index (χ0n) is 20.8. The number of nitriles is 1. The highest BCUT2D eigenvalue weighted by molar-refractivity contribution is 5.98. The Balaban J connectivity index is 1.66. The lowest BCUT2D eigenvalue weighted by Gasteiger charge is -2.37. The minimum absolute atomic E-state index is 0.00212. The highest BCUT2D eigenvalue weighted by atomic mass is 16.5. The number of fused-ring (bicyclic) bond motifs is 1. The van der Waals surface area contributed by atoms with E-state index in [1.807, 2.05) is 44.3 Å². The molecule has 0 fully saturated rings. The average molecular weight is 486 g/mol. The van der Waals surface area contributed by atoms with Gasteiger partial charge in [0.2, 0.25) is 5.88 Å². The second-order valence-corrected chi connectivity index (χ2v) is 9.41. The third-order valence-electron chi connectivity index (χ3n) is 6.52. The Morgan fingerprint density at radius 3 is 2.67 bits per heavy atom. The number of ether oxygens (including phenoxy) is 1. The van der Waals surface area contributed by atoms with Crippen LogP contribution in [0.4, 0.5) is 0 Å². The van der Waals surface area contributed by atoms with E-state index in [2.05, 4.69) is 27.9 Å². The largest absolute Gasteiger partial charge is 0.472 e. The van der Waals surface area contributed by atoms with Gasteiger partial charge in [0, 0.05) is 43.5 Å². The van der Waals surface area contributed by atoms with Crippen molar-refractivity contribution in [2.45, 2.75) is 32.5 Å². The van der Waals surface area contributed by atoms with Crippen LogP contribution in [0, 0.1) is 17.2 Å². The molecule has 36 heavy (non-hydrogen) atoms. The first-order valence-corrected chi connectivity index (χ1v) is 12.1. The number of carbonyl (C=O) groups excluding carboxylic acids is 1. The van der Waals surface area contributed by atoms with Crippen molar-refractivity contribution in [3.05, 3.63) is 77.7 Å². The molecule has 2 aromatic heterocycles. The Morgan fingerprint density at radius 2 is 2.00 bits per heavy atom. The van der Waals surface area contributed by atoms with Crippen molar-refractivity contribution >= 4 is 5.91 Å². The van der Waals surface area contributed by atoms with Gasteiger partial charge in [-0.2, -0.15) is 5.26 Å². The fraction of sp³-hybridized carbons (Fsp3) is 0.357. The zero-order chi connectivity index (χ0) is 25.7. The number of carbonyl (C=O) groups is 1. The molecular formula is C28H31N5O3. The van der Waals surface area contributed by atoms with Crippen LogP contribution in [0.2, 0.25) is 0 Å². The molecule has 4 rings (SSSR count). The molecular weight excluding hydrogens is 454 g/mol. The van der Waals surface area contributed by atoms with Gasteiger partial charge in [-0.05, 0) is 49.9 Å².